The second-order valence-electron chi connectivity index (χ2n) is 5.37. The zero-order valence-electron chi connectivity index (χ0n) is 12.1. The number of nitrogens with zero attached hydrogens (tertiary/aromatic N) is 1. The fourth-order valence-electron chi connectivity index (χ4n) is 2.60. The van der Waals surface area contributed by atoms with Gasteiger partial charge in [-0.2, -0.15) is 0 Å². The average Bonchev–Trinajstić information content (AvgIpc) is 2.94. The van der Waals surface area contributed by atoms with E-state index in [0.717, 1.165) is 24.9 Å². The van der Waals surface area contributed by atoms with Crippen LogP contribution in [0.25, 0.3) is 0 Å². The molecule has 2 rings (SSSR count). The molecule has 0 aliphatic carbocycles. The number of likely N-dealkylation sites (tertiary alicyclic amines) is 1. The number of amides is 1. The van der Waals surface area contributed by atoms with Crippen molar-refractivity contribution in [1.29, 1.82) is 0 Å². The van der Waals surface area contributed by atoms with Gasteiger partial charge >= 0.3 is 0 Å². The van der Waals surface area contributed by atoms with Crippen LogP contribution in [-0.2, 0) is 11.3 Å². The van der Waals surface area contributed by atoms with E-state index in [2.05, 4.69) is 0 Å². The lowest BCUT2D eigenvalue weighted by molar-refractivity contribution is -0.122. The monoisotopic (exact) mass is 293 g/mol. The Labute approximate surface area is 124 Å². The highest BCUT2D eigenvalue weighted by molar-refractivity contribution is 5.80. The molecule has 0 bridgehead atoms. The van der Waals surface area contributed by atoms with E-state index in [1.54, 1.807) is 0 Å². The molecule has 5 N–H and O–H groups in total. The van der Waals surface area contributed by atoms with Crippen molar-refractivity contribution in [2.24, 2.45) is 11.5 Å². The Morgan fingerprint density at radius 1 is 1.43 bits per heavy atom. The summed E-state index contributed by atoms with van der Waals surface area (Å²) in [6, 6.07) is 7.19. The van der Waals surface area contributed by atoms with Gasteiger partial charge in [0.25, 0.3) is 0 Å². The number of aliphatic hydroxyl groups is 1. The van der Waals surface area contributed by atoms with E-state index < -0.39 is 6.10 Å². The Balaban J connectivity index is 1.78. The van der Waals surface area contributed by atoms with E-state index in [4.69, 9.17) is 16.2 Å². The van der Waals surface area contributed by atoms with Crippen LogP contribution in [0.3, 0.4) is 0 Å². The minimum atomic E-state index is -0.654. The van der Waals surface area contributed by atoms with Crippen LogP contribution in [0, 0.1) is 0 Å². The van der Waals surface area contributed by atoms with E-state index >= 15 is 0 Å². The van der Waals surface area contributed by atoms with E-state index in [1.165, 1.54) is 0 Å². The fourth-order valence-corrected chi connectivity index (χ4v) is 2.60. The van der Waals surface area contributed by atoms with Gasteiger partial charge in [-0.1, -0.05) is 12.1 Å². The minimum absolute atomic E-state index is 0.184. The molecule has 1 saturated heterocycles. The third kappa shape index (κ3) is 4.42. The van der Waals surface area contributed by atoms with Crippen molar-refractivity contribution in [2.45, 2.75) is 31.5 Å². The molecule has 2 unspecified atom stereocenters. The number of nitrogens with two attached hydrogens (primary N) is 2. The highest BCUT2D eigenvalue weighted by Gasteiger charge is 2.30. The summed E-state index contributed by atoms with van der Waals surface area (Å²) in [5, 5.41) is 10.0. The molecule has 0 radical (unpaired) electrons. The SMILES string of the molecule is NCc1ccc(OCC(O)CN2CCCC2C(N)=O)cc1. The number of rotatable bonds is 7. The van der Waals surface area contributed by atoms with Crippen molar-refractivity contribution in [3.63, 3.8) is 0 Å². The predicted octanol–water partition coefficient (Wildman–Crippen LogP) is -0.165. The van der Waals surface area contributed by atoms with E-state index in [9.17, 15) is 9.90 Å². The van der Waals surface area contributed by atoms with Gasteiger partial charge in [-0.15, -0.1) is 0 Å². The summed E-state index contributed by atoms with van der Waals surface area (Å²) in [4.78, 5) is 13.2. The maximum atomic E-state index is 11.3. The Kier molecular flexibility index (Phi) is 5.55. The first-order chi connectivity index (χ1) is 10.1. The summed E-state index contributed by atoms with van der Waals surface area (Å²) in [5.41, 5.74) is 11.9. The number of benzene rings is 1. The molecule has 116 valence electrons. The van der Waals surface area contributed by atoms with Crippen molar-refractivity contribution in [2.75, 3.05) is 19.7 Å². The standard InChI is InChI=1S/C15H23N3O3/c16-8-11-3-5-13(6-4-11)21-10-12(19)9-18-7-1-2-14(18)15(17)20/h3-6,12,14,19H,1-2,7-10,16H2,(H2,17,20). The molecule has 1 aromatic carbocycles. The van der Waals surface area contributed by atoms with Crippen LogP contribution in [0.15, 0.2) is 24.3 Å². The van der Waals surface area contributed by atoms with Crippen LogP contribution in [0.2, 0.25) is 0 Å². The molecule has 1 aromatic rings. The second kappa shape index (κ2) is 7.40. The van der Waals surface area contributed by atoms with Crippen molar-refractivity contribution in [1.82, 2.24) is 4.90 Å². The number of hydrogen-bond donors (Lipinski definition) is 3. The Bertz CT molecular complexity index is 464. The van der Waals surface area contributed by atoms with Crippen molar-refractivity contribution >= 4 is 5.91 Å². The number of carbonyl (C=O) groups is 1. The molecule has 6 nitrogen and oxygen atoms in total. The zero-order valence-corrected chi connectivity index (χ0v) is 12.1. The van der Waals surface area contributed by atoms with Gasteiger partial charge in [0.05, 0.1) is 6.04 Å². The molecule has 1 aliphatic heterocycles. The lowest BCUT2D eigenvalue weighted by Crippen LogP contribution is -2.44. The number of ether oxygens (including phenoxy) is 1. The molecule has 6 heteroatoms. The first-order valence-electron chi connectivity index (χ1n) is 7.23. The lowest BCUT2D eigenvalue weighted by Gasteiger charge is -2.24. The number of β-amino-alcohol motifs (C(OH)–C–C–N with tert-alkyl or cyclic N) is 1. The second-order valence-corrected chi connectivity index (χ2v) is 5.37. The molecule has 1 aliphatic rings. The summed E-state index contributed by atoms with van der Waals surface area (Å²) in [7, 11) is 0. The number of hydrogen-bond acceptors (Lipinski definition) is 5. The Morgan fingerprint density at radius 2 is 2.14 bits per heavy atom. The quantitative estimate of drug-likeness (QED) is 0.648. The summed E-state index contributed by atoms with van der Waals surface area (Å²) < 4.78 is 5.54. The Morgan fingerprint density at radius 3 is 2.76 bits per heavy atom. The topological polar surface area (TPSA) is 102 Å². The average molecular weight is 293 g/mol. The summed E-state index contributed by atoms with van der Waals surface area (Å²) in [6.45, 7) is 1.86. The number of carbonyl (C=O) groups excluding carboxylic acids is 1. The first-order valence-corrected chi connectivity index (χ1v) is 7.23. The van der Waals surface area contributed by atoms with Gasteiger partial charge in [0.1, 0.15) is 18.5 Å². The largest absolute Gasteiger partial charge is 0.491 e. The van der Waals surface area contributed by atoms with E-state index in [-0.39, 0.29) is 18.6 Å². The Hall–Kier alpha value is -1.63. The predicted molar refractivity (Wildman–Crippen MR) is 79.6 cm³/mol. The summed E-state index contributed by atoms with van der Waals surface area (Å²) >= 11 is 0. The van der Waals surface area contributed by atoms with Gasteiger partial charge in [-0.25, -0.2) is 0 Å². The van der Waals surface area contributed by atoms with Crippen molar-refractivity contribution in [3.8, 4) is 5.75 Å². The maximum absolute atomic E-state index is 11.3. The van der Waals surface area contributed by atoms with Crippen LogP contribution in [0.5, 0.6) is 5.75 Å². The number of aliphatic hydroxyl groups excluding tert-OH is 1. The van der Waals surface area contributed by atoms with Crippen LogP contribution in [0.1, 0.15) is 18.4 Å². The van der Waals surface area contributed by atoms with Crippen LogP contribution in [-0.4, -0.2) is 47.8 Å². The summed E-state index contributed by atoms with van der Waals surface area (Å²) in [6.07, 6.45) is 1.05. The summed E-state index contributed by atoms with van der Waals surface area (Å²) in [5.74, 6) is 0.372. The fraction of sp³-hybridized carbons (Fsp3) is 0.533. The maximum Gasteiger partial charge on any atom is 0.234 e. The van der Waals surface area contributed by atoms with Crippen LogP contribution >= 0.6 is 0 Å². The van der Waals surface area contributed by atoms with Crippen LogP contribution in [0.4, 0.5) is 0 Å². The van der Waals surface area contributed by atoms with E-state index in [1.807, 2.05) is 29.2 Å². The third-order valence-corrected chi connectivity index (χ3v) is 3.74. The molecule has 0 aromatic heterocycles. The van der Waals surface area contributed by atoms with Gasteiger partial charge in [0.2, 0.25) is 5.91 Å². The number of primary amides is 1. The lowest BCUT2D eigenvalue weighted by atomic mass is 10.2. The third-order valence-electron chi connectivity index (χ3n) is 3.74. The highest BCUT2D eigenvalue weighted by atomic mass is 16.5. The highest BCUT2D eigenvalue weighted by Crippen LogP contribution is 2.17. The van der Waals surface area contributed by atoms with E-state index in [0.29, 0.717) is 18.8 Å². The molecule has 1 fully saturated rings. The smallest absolute Gasteiger partial charge is 0.234 e. The first kappa shape index (κ1) is 15.8. The normalized spacial score (nSPS) is 20.4. The van der Waals surface area contributed by atoms with Gasteiger partial charge < -0.3 is 21.3 Å². The molecule has 1 amide bonds. The van der Waals surface area contributed by atoms with Gasteiger partial charge in [0.15, 0.2) is 0 Å². The van der Waals surface area contributed by atoms with Crippen molar-refractivity contribution < 1.29 is 14.6 Å². The van der Waals surface area contributed by atoms with Crippen molar-refractivity contribution in [3.05, 3.63) is 29.8 Å². The molecule has 21 heavy (non-hydrogen) atoms. The zero-order chi connectivity index (χ0) is 15.2. The molecule has 1 heterocycles. The molecule has 2 atom stereocenters. The molecule has 0 spiro atoms. The van der Waals surface area contributed by atoms with Crippen LogP contribution < -0.4 is 16.2 Å². The molecular formula is C15H23N3O3. The molecule has 0 saturated carbocycles. The minimum Gasteiger partial charge on any atom is -0.491 e. The van der Waals surface area contributed by atoms with Gasteiger partial charge in [-0.3, -0.25) is 9.69 Å². The van der Waals surface area contributed by atoms with Gasteiger partial charge in [0, 0.05) is 13.1 Å². The molecular weight excluding hydrogens is 270 g/mol. The van der Waals surface area contributed by atoms with Gasteiger partial charge in [-0.05, 0) is 37.1 Å².